The Hall–Kier alpha value is -4.62. The van der Waals surface area contributed by atoms with E-state index in [-0.39, 0.29) is 12.4 Å². The molecule has 4 heterocycles. The number of amides is 1. The van der Waals surface area contributed by atoms with E-state index in [4.69, 9.17) is 23.7 Å². The molecule has 11 nitrogen and oxygen atoms in total. The van der Waals surface area contributed by atoms with Crippen molar-refractivity contribution in [1.29, 1.82) is 0 Å². The summed E-state index contributed by atoms with van der Waals surface area (Å²) in [4.78, 5) is 30.3. The molecular formula is C29H26FN5O6S. The second-order valence-electron chi connectivity index (χ2n) is 9.54. The first-order valence-electron chi connectivity index (χ1n) is 13.0. The molecule has 1 aliphatic heterocycles. The van der Waals surface area contributed by atoms with Crippen molar-refractivity contribution >= 4 is 44.4 Å². The second-order valence-corrected chi connectivity index (χ2v) is 10.6. The van der Waals surface area contributed by atoms with E-state index in [2.05, 4.69) is 25.3 Å². The van der Waals surface area contributed by atoms with Crippen molar-refractivity contribution in [2.75, 3.05) is 32.8 Å². The van der Waals surface area contributed by atoms with Crippen LogP contribution in [0.15, 0.2) is 48.8 Å². The largest absolute Gasteiger partial charge is 0.481 e. The molecule has 5 aromatic rings. The number of hydrogen-bond acceptors (Lipinski definition) is 11. The zero-order valence-electron chi connectivity index (χ0n) is 22.9. The lowest BCUT2D eigenvalue weighted by atomic mass is 10.1. The molecule has 1 aliphatic rings. The summed E-state index contributed by atoms with van der Waals surface area (Å²) in [6.45, 7) is 2.47. The number of hydrogen-bond donors (Lipinski definition) is 1. The van der Waals surface area contributed by atoms with Gasteiger partial charge in [0.15, 0.2) is 17.7 Å². The number of benzene rings is 2. The Bertz CT molecular complexity index is 1770. The Labute approximate surface area is 243 Å². The summed E-state index contributed by atoms with van der Waals surface area (Å²) in [5.41, 5.74) is 4.03. The topological polar surface area (TPSA) is 127 Å². The van der Waals surface area contributed by atoms with Crippen LogP contribution in [0.3, 0.4) is 0 Å². The average molecular weight is 592 g/mol. The number of halogens is 1. The van der Waals surface area contributed by atoms with Crippen LogP contribution in [0, 0.1) is 12.7 Å². The molecule has 1 fully saturated rings. The summed E-state index contributed by atoms with van der Waals surface area (Å²) < 4.78 is 43.4. The van der Waals surface area contributed by atoms with Gasteiger partial charge in [-0.3, -0.25) is 5.32 Å². The van der Waals surface area contributed by atoms with E-state index in [1.165, 1.54) is 37.8 Å². The number of aromatic nitrogens is 4. The number of ether oxygens (including phenoxy) is 5. The van der Waals surface area contributed by atoms with E-state index in [1.54, 1.807) is 24.4 Å². The van der Waals surface area contributed by atoms with Gasteiger partial charge in [-0.05, 0) is 30.7 Å². The van der Waals surface area contributed by atoms with Crippen molar-refractivity contribution in [2.24, 2.45) is 0 Å². The minimum Gasteiger partial charge on any atom is -0.481 e. The van der Waals surface area contributed by atoms with E-state index in [9.17, 15) is 4.79 Å². The van der Waals surface area contributed by atoms with Crippen molar-refractivity contribution in [3.63, 3.8) is 0 Å². The Morgan fingerprint density at radius 2 is 1.88 bits per heavy atom. The first kappa shape index (κ1) is 27.5. The number of methoxy groups -OCH3 is 2. The maximum atomic E-state index is 15.3. The second kappa shape index (κ2) is 11.7. The van der Waals surface area contributed by atoms with Gasteiger partial charge in [0.2, 0.25) is 11.8 Å². The van der Waals surface area contributed by atoms with Gasteiger partial charge in [0.25, 0.3) is 0 Å². The molecule has 0 saturated carbocycles. The third kappa shape index (κ3) is 5.74. The first-order valence-corrected chi connectivity index (χ1v) is 13.9. The highest BCUT2D eigenvalue weighted by atomic mass is 32.1. The van der Waals surface area contributed by atoms with Gasteiger partial charge in [-0.1, -0.05) is 0 Å². The summed E-state index contributed by atoms with van der Waals surface area (Å²) in [6.07, 6.45) is 1.33. The van der Waals surface area contributed by atoms with E-state index in [0.717, 1.165) is 15.8 Å². The summed E-state index contributed by atoms with van der Waals surface area (Å²) in [5, 5.41) is 3.30. The van der Waals surface area contributed by atoms with Gasteiger partial charge in [0.1, 0.15) is 11.1 Å². The van der Waals surface area contributed by atoms with Gasteiger partial charge >= 0.3 is 6.09 Å². The fourth-order valence-electron chi connectivity index (χ4n) is 4.60. The van der Waals surface area contributed by atoms with Crippen LogP contribution in [0.2, 0.25) is 0 Å². The number of nitrogens with one attached hydrogen (secondary N) is 1. The summed E-state index contributed by atoms with van der Waals surface area (Å²) >= 11 is 1.39. The van der Waals surface area contributed by atoms with E-state index >= 15 is 4.39 Å². The molecule has 0 aliphatic carbocycles. The molecule has 0 bridgehead atoms. The molecular weight excluding hydrogens is 565 g/mol. The molecule has 1 amide bonds. The lowest BCUT2D eigenvalue weighted by molar-refractivity contribution is -0.0763. The quantitative estimate of drug-likeness (QED) is 0.257. The van der Waals surface area contributed by atoms with Crippen LogP contribution in [0.5, 0.6) is 17.5 Å². The third-order valence-corrected chi connectivity index (χ3v) is 7.67. The zero-order valence-corrected chi connectivity index (χ0v) is 23.7. The SMILES string of the molecule is COc1ccc(NC(=O)OC2CCOCC2Oc2cc3sc(-c4cc(C)cc5nc(OC)cnc45)nc3cc2F)cn1. The standard InChI is InChI=1S/C29H26FN5O6S/c1-15-8-17(27-20(9-15)34-26(38-3)13-32-27)28-35-19-10-18(30)22(11-24(19)42-28)40-23-14-39-7-6-21(23)41-29(36)33-16-4-5-25(37-2)31-12-16/h4-5,8-13,21,23H,6-7,14H2,1-3H3,(H,33,36). The number of anilines is 1. The minimum absolute atomic E-state index is 0.0141. The number of aryl methyl sites for hydroxylation is 1. The van der Waals surface area contributed by atoms with Crippen molar-refractivity contribution in [3.8, 4) is 28.1 Å². The number of fused-ring (bicyclic) bond motifs is 2. The van der Waals surface area contributed by atoms with Crippen molar-refractivity contribution < 1.29 is 32.9 Å². The van der Waals surface area contributed by atoms with Gasteiger partial charge in [0.05, 0.1) is 66.8 Å². The van der Waals surface area contributed by atoms with Gasteiger partial charge in [-0.2, -0.15) is 0 Å². The van der Waals surface area contributed by atoms with Crippen LogP contribution in [-0.4, -0.2) is 65.7 Å². The number of carbonyl (C=O) groups excluding carboxylic acids is 1. The lowest BCUT2D eigenvalue weighted by Crippen LogP contribution is -2.44. The summed E-state index contributed by atoms with van der Waals surface area (Å²) in [6, 6.07) is 10.1. The predicted octanol–water partition coefficient (Wildman–Crippen LogP) is 5.55. The fraction of sp³-hybridized carbons (Fsp3) is 0.276. The first-order chi connectivity index (χ1) is 20.4. The number of rotatable bonds is 7. The molecule has 6 rings (SSSR count). The molecule has 0 spiro atoms. The van der Waals surface area contributed by atoms with Gasteiger partial charge < -0.3 is 23.7 Å². The highest BCUT2D eigenvalue weighted by molar-refractivity contribution is 7.21. The van der Waals surface area contributed by atoms with E-state index < -0.39 is 24.1 Å². The van der Waals surface area contributed by atoms with Crippen LogP contribution < -0.4 is 19.5 Å². The molecule has 0 radical (unpaired) electrons. The smallest absolute Gasteiger partial charge is 0.412 e. The van der Waals surface area contributed by atoms with Crippen molar-refractivity contribution in [1.82, 2.24) is 19.9 Å². The molecule has 3 aromatic heterocycles. The Morgan fingerprint density at radius 3 is 2.67 bits per heavy atom. The zero-order chi connectivity index (χ0) is 29.2. The normalized spacial score (nSPS) is 16.8. The predicted molar refractivity (Wildman–Crippen MR) is 154 cm³/mol. The molecule has 216 valence electrons. The van der Waals surface area contributed by atoms with Gasteiger partial charge in [-0.25, -0.2) is 29.1 Å². The lowest BCUT2D eigenvalue weighted by Gasteiger charge is -2.31. The van der Waals surface area contributed by atoms with Crippen LogP contribution in [-0.2, 0) is 9.47 Å². The minimum atomic E-state index is -0.719. The molecule has 42 heavy (non-hydrogen) atoms. The number of pyridine rings is 1. The molecule has 1 saturated heterocycles. The van der Waals surface area contributed by atoms with Crippen molar-refractivity contribution in [3.05, 3.63) is 60.2 Å². The Balaban J connectivity index is 1.22. The summed E-state index contributed by atoms with van der Waals surface area (Å²) in [7, 11) is 3.04. The number of carbonyl (C=O) groups is 1. The van der Waals surface area contributed by atoms with Crippen LogP contribution >= 0.6 is 11.3 Å². The molecule has 2 unspecified atom stereocenters. The molecule has 13 heteroatoms. The maximum Gasteiger partial charge on any atom is 0.412 e. The average Bonchev–Trinajstić information content (AvgIpc) is 3.40. The monoisotopic (exact) mass is 591 g/mol. The maximum absolute atomic E-state index is 15.3. The summed E-state index contributed by atoms with van der Waals surface area (Å²) in [5.74, 6) is 0.258. The van der Waals surface area contributed by atoms with Crippen LogP contribution in [0.4, 0.5) is 14.9 Å². The molecule has 1 N–H and O–H groups in total. The highest BCUT2D eigenvalue weighted by Crippen LogP contribution is 2.37. The molecule has 2 aromatic carbocycles. The number of nitrogens with zero attached hydrogens (tertiary/aromatic N) is 4. The number of thiazole rings is 1. The van der Waals surface area contributed by atoms with E-state index in [1.807, 2.05) is 19.1 Å². The molecule has 2 atom stereocenters. The van der Waals surface area contributed by atoms with Crippen molar-refractivity contribution in [2.45, 2.75) is 25.6 Å². The van der Waals surface area contributed by atoms with Crippen LogP contribution in [0.1, 0.15) is 12.0 Å². The highest BCUT2D eigenvalue weighted by Gasteiger charge is 2.32. The Kier molecular flexibility index (Phi) is 7.68. The fourth-order valence-corrected chi connectivity index (χ4v) is 5.60. The van der Waals surface area contributed by atoms with Crippen LogP contribution in [0.25, 0.3) is 31.8 Å². The van der Waals surface area contributed by atoms with E-state index in [0.29, 0.717) is 52.0 Å². The van der Waals surface area contributed by atoms with Gasteiger partial charge in [-0.15, -0.1) is 11.3 Å². The van der Waals surface area contributed by atoms with Gasteiger partial charge in [0, 0.05) is 30.2 Å². The Morgan fingerprint density at radius 1 is 1.02 bits per heavy atom. The third-order valence-electron chi connectivity index (χ3n) is 6.62.